The van der Waals surface area contributed by atoms with E-state index in [0.29, 0.717) is 11.9 Å². The van der Waals surface area contributed by atoms with Gasteiger partial charge in [-0.2, -0.15) is 0 Å². The average molecular weight is 361 g/mol. The zero-order valence-electron chi connectivity index (χ0n) is 16.4. The lowest BCUT2D eigenvalue weighted by molar-refractivity contribution is -0.117. The number of carbonyl (C=O) groups is 1. The molecule has 0 radical (unpaired) electrons. The molecular weight excluding hydrogens is 328 g/mol. The predicted octanol–water partition coefficient (Wildman–Crippen LogP) is 2.19. The highest BCUT2D eigenvalue weighted by Gasteiger charge is 2.23. The van der Waals surface area contributed by atoms with E-state index < -0.39 is 0 Å². The van der Waals surface area contributed by atoms with Crippen molar-refractivity contribution >= 4 is 17.6 Å². The lowest BCUT2D eigenvalue weighted by atomic mass is 10.0. The van der Waals surface area contributed by atoms with Gasteiger partial charge in [0.1, 0.15) is 0 Å². The van der Waals surface area contributed by atoms with Crippen LogP contribution < -0.4 is 15.5 Å². The minimum Gasteiger partial charge on any atom is -0.378 e. The second kappa shape index (κ2) is 10.2. The van der Waals surface area contributed by atoms with Crippen molar-refractivity contribution in [1.82, 2.24) is 10.6 Å². The molecule has 6 heteroatoms. The molecule has 0 bridgehead atoms. The van der Waals surface area contributed by atoms with Crippen LogP contribution in [0.15, 0.2) is 29.3 Å². The lowest BCUT2D eigenvalue weighted by Gasteiger charge is -2.22. The van der Waals surface area contributed by atoms with Gasteiger partial charge in [0, 0.05) is 32.4 Å². The maximum atomic E-state index is 12.5. The van der Waals surface area contributed by atoms with Crippen LogP contribution in [0.1, 0.15) is 32.8 Å². The second-order valence-corrected chi connectivity index (χ2v) is 6.80. The first-order valence-corrected chi connectivity index (χ1v) is 9.51. The zero-order chi connectivity index (χ0) is 18.9. The number of para-hydroxylation sites is 1. The third-order valence-corrected chi connectivity index (χ3v) is 4.66. The molecule has 1 aliphatic rings. The van der Waals surface area contributed by atoms with Gasteiger partial charge in [0.15, 0.2) is 5.96 Å². The summed E-state index contributed by atoms with van der Waals surface area (Å²) in [6.07, 6.45) is 2.05. The molecule has 1 aromatic carbocycles. The smallest absolute Gasteiger partial charge is 0.246 e. The van der Waals surface area contributed by atoms with Crippen LogP contribution in [0.25, 0.3) is 0 Å². The van der Waals surface area contributed by atoms with E-state index in [-0.39, 0.29) is 18.6 Å². The van der Waals surface area contributed by atoms with Gasteiger partial charge in [-0.3, -0.25) is 9.79 Å². The quantitative estimate of drug-likeness (QED) is 0.551. The van der Waals surface area contributed by atoms with Gasteiger partial charge in [-0.15, -0.1) is 0 Å². The Hall–Kier alpha value is -2.08. The summed E-state index contributed by atoms with van der Waals surface area (Å²) in [6.45, 7) is 8.81. The number of hydrogen-bond donors (Lipinski definition) is 2. The number of hydrogen-bond acceptors (Lipinski definition) is 3. The van der Waals surface area contributed by atoms with Gasteiger partial charge in [-0.25, -0.2) is 0 Å². The highest BCUT2D eigenvalue weighted by atomic mass is 16.5. The summed E-state index contributed by atoms with van der Waals surface area (Å²) in [5.74, 6) is 1.18. The Labute approximate surface area is 157 Å². The highest BCUT2D eigenvalue weighted by Crippen LogP contribution is 2.27. The second-order valence-electron chi connectivity index (χ2n) is 6.80. The molecule has 0 aliphatic carbocycles. The molecule has 1 aliphatic heterocycles. The molecule has 26 heavy (non-hydrogen) atoms. The number of amides is 1. The lowest BCUT2D eigenvalue weighted by Crippen LogP contribution is -2.45. The van der Waals surface area contributed by atoms with E-state index in [0.717, 1.165) is 38.2 Å². The van der Waals surface area contributed by atoms with Crippen molar-refractivity contribution in [3.05, 3.63) is 29.8 Å². The Morgan fingerprint density at radius 3 is 2.77 bits per heavy atom. The number of carbonyl (C=O) groups excluding carboxylic acids is 1. The molecule has 2 rings (SSSR count). The number of aliphatic imine (C=N–C) groups is 1. The van der Waals surface area contributed by atoms with Gasteiger partial charge in [0.2, 0.25) is 5.91 Å². The summed E-state index contributed by atoms with van der Waals surface area (Å²) in [5, 5.41) is 6.39. The van der Waals surface area contributed by atoms with Crippen molar-refractivity contribution in [1.29, 1.82) is 0 Å². The van der Waals surface area contributed by atoms with Crippen LogP contribution in [0, 0.1) is 5.92 Å². The summed E-state index contributed by atoms with van der Waals surface area (Å²) < 4.78 is 5.76. The largest absolute Gasteiger partial charge is 0.378 e. The Balaban J connectivity index is 1.78. The fourth-order valence-electron chi connectivity index (χ4n) is 3.23. The first-order valence-electron chi connectivity index (χ1n) is 9.51. The van der Waals surface area contributed by atoms with Crippen molar-refractivity contribution < 1.29 is 9.53 Å². The molecule has 1 heterocycles. The van der Waals surface area contributed by atoms with Crippen LogP contribution in [0.4, 0.5) is 5.69 Å². The summed E-state index contributed by atoms with van der Waals surface area (Å²) in [7, 11) is 1.72. The normalized spacial score (nSPS) is 15.1. The van der Waals surface area contributed by atoms with Crippen molar-refractivity contribution in [3.63, 3.8) is 0 Å². The van der Waals surface area contributed by atoms with Crippen molar-refractivity contribution in [2.75, 3.05) is 38.2 Å². The molecule has 0 saturated carbocycles. The average Bonchev–Trinajstić information content (AvgIpc) is 3.07. The van der Waals surface area contributed by atoms with Gasteiger partial charge in [0.25, 0.3) is 0 Å². The van der Waals surface area contributed by atoms with E-state index in [1.807, 2.05) is 30.0 Å². The summed E-state index contributed by atoms with van der Waals surface area (Å²) >= 11 is 0. The van der Waals surface area contributed by atoms with Gasteiger partial charge >= 0.3 is 0 Å². The number of fused-ring (bicyclic) bond motifs is 1. The van der Waals surface area contributed by atoms with Crippen LogP contribution >= 0.6 is 0 Å². The first-order chi connectivity index (χ1) is 12.6. The number of ether oxygens (including phenoxy) is 1. The van der Waals surface area contributed by atoms with Crippen LogP contribution in [-0.2, 0) is 16.0 Å². The Bertz CT molecular complexity index is 616. The Morgan fingerprint density at radius 1 is 1.31 bits per heavy atom. The number of guanidine groups is 1. The van der Waals surface area contributed by atoms with Crippen LogP contribution in [0.2, 0.25) is 0 Å². The Morgan fingerprint density at radius 2 is 2.08 bits per heavy atom. The number of rotatable bonds is 8. The predicted molar refractivity (Wildman–Crippen MR) is 107 cm³/mol. The molecule has 6 nitrogen and oxygen atoms in total. The summed E-state index contributed by atoms with van der Waals surface area (Å²) in [6, 6.07) is 8.08. The Kier molecular flexibility index (Phi) is 7.91. The van der Waals surface area contributed by atoms with Crippen LogP contribution in [0.5, 0.6) is 0 Å². The van der Waals surface area contributed by atoms with Crippen molar-refractivity contribution in [3.8, 4) is 0 Å². The van der Waals surface area contributed by atoms with Crippen LogP contribution in [0.3, 0.4) is 0 Å². The maximum absolute atomic E-state index is 12.5. The fourth-order valence-corrected chi connectivity index (χ4v) is 3.23. The van der Waals surface area contributed by atoms with Gasteiger partial charge in [-0.1, -0.05) is 32.0 Å². The minimum atomic E-state index is 0.0623. The number of nitrogens with zero attached hydrogens (tertiary/aromatic N) is 2. The zero-order valence-corrected chi connectivity index (χ0v) is 16.4. The molecule has 0 aromatic heterocycles. The molecule has 2 N–H and O–H groups in total. The molecule has 1 atom stereocenters. The molecule has 1 unspecified atom stereocenters. The van der Waals surface area contributed by atoms with Gasteiger partial charge in [0.05, 0.1) is 12.6 Å². The molecule has 0 fully saturated rings. The van der Waals surface area contributed by atoms with Gasteiger partial charge in [-0.05, 0) is 37.3 Å². The van der Waals surface area contributed by atoms with E-state index in [4.69, 9.17) is 4.74 Å². The number of benzene rings is 1. The number of anilines is 1. The fraction of sp³-hybridized carbons (Fsp3) is 0.600. The number of nitrogens with one attached hydrogen (secondary N) is 2. The van der Waals surface area contributed by atoms with Crippen LogP contribution in [-0.4, -0.2) is 51.3 Å². The molecule has 144 valence electrons. The SMILES string of the molecule is CCOC(CCNC(=NC)NCC(=O)N1CCc2ccccc21)C(C)C. The third-order valence-electron chi connectivity index (χ3n) is 4.66. The van der Waals surface area contributed by atoms with E-state index >= 15 is 0 Å². The van der Waals surface area contributed by atoms with E-state index in [1.54, 1.807) is 7.05 Å². The van der Waals surface area contributed by atoms with E-state index in [2.05, 4.69) is 35.5 Å². The molecule has 0 saturated heterocycles. The molecule has 1 amide bonds. The highest BCUT2D eigenvalue weighted by molar-refractivity contribution is 5.98. The molecule has 1 aromatic rings. The maximum Gasteiger partial charge on any atom is 0.246 e. The van der Waals surface area contributed by atoms with Gasteiger partial charge < -0.3 is 20.3 Å². The summed E-state index contributed by atoms with van der Waals surface area (Å²) in [5.41, 5.74) is 2.26. The summed E-state index contributed by atoms with van der Waals surface area (Å²) in [4.78, 5) is 18.6. The first kappa shape index (κ1) is 20.2. The monoisotopic (exact) mass is 360 g/mol. The topological polar surface area (TPSA) is 66.0 Å². The minimum absolute atomic E-state index is 0.0623. The molecular formula is C20H32N4O2. The van der Waals surface area contributed by atoms with E-state index in [1.165, 1.54) is 5.56 Å². The third kappa shape index (κ3) is 5.46. The standard InChI is InChI=1S/C20H32N4O2/c1-5-26-18(15(2)3)10-12-22-20(21-4)23-14-19(25)24-13-11-16-8-6-7-9-17(16)24/h6-9,15,18H,5,10-14H2,1-4H3,(H2,21,22,23). The molecule has 0 spiro atoms. The van der Waals surface area contributed by atoms with Crippen molar-refractivity contribution in [2.24, 2.45) is 10.9 Å². The van der Waals surface area contributed by atoms with E-state index in [9.17, 15) is 4.79 Å². The van der Waals surface area contributed by atoms with Crippen molar-refractivity contribution in [2.45, 2.75) is 39.7 Å².